The van der Waals surface area contributed by atoms with Gasteiger partial charge in [0, 0.05) is 13.1 Å². The van der Waals surface area contributed by atoms with E-state index in [9.17, 15) is 9.90 Å². The molecule has 2 unspecified atom stereocenters. The van der Waals surface area contributed by atoms with Gasteiger partial charge in [0.15, 0.2) is 0 Å². The lowest BCUT2D eigenvalue weighted by molar-refractivity contribution is -0.144. The van der Waals surface area contributed by atoms with Crippen LogP contribution in [-0.4, -0.2) is 48.2 Å². The molecule has 0 aliphatic carbocycles. The molecular formula is C14H30N2O2. The third-order valence-corrected chi connectivity index (χ3v) is 3.55. The fraction of sp³-hybridized carbons (Fsp3) is 0.929. The number of carbonyl (C=O) groups is 1. The molecule has 4 nitrogen and oxygen atoms in total. The van der Waals surface area contributed by atoms with Gasteiger partial charge in [-0.15, -0.1) is 0 Å². The van der Waals surface area contributed by atoms with E-state index >= 15 is 0 Å². The number of carboxylic acid groups (broad SMARTS) is 1. The van der Waals surface area contributed by atoms with Gasteiger partial charge in [-0.05, 0) is 39.3 Å². The number of aliphatic carboxylic acids is 1. The van der Waals surface area contributed by atoms with Crippen molar-refractivity contribution < 1.29 is 9.90 Å². The zero-order valence-corrected chi connectivity index (χ0v) is 12.6. The predicted molar refractivity (Wildman–Crippen MR) is 75.9 cm³/mol. The van der Waals surface area contributed by atoms with Crippen molar-refractivity contribution in [2.45, 2.75) is 52.5 Å². The summed E-state index contributed by atoms with van der Waals surface area (Å²) in [5.41, 5.74) is -0.806. The minimum Gasteiger partial charge on any atom is -0.480 e. The Morgan fingerprint density at radius 2 is 2.06 bits per heavy atom. The van der Waals surface area contributed by atoms with E-state index in [1.807, 2.05) is 6.92 Å². The first-order valence-corrected chi connectivity index (χ1v) is 7.02. The largest absolute Gasteiger partial charge is 0.480 e. The summed E-state index contributed by atoms with van der Waals surface area (Å²) in [6, 6.07) is 0. The summed E-state index contributed by atoms with van der Waals surface area (Å²) in [7, 11) is 2.06. The van der Waals surface area contributed by atoms with Gasteiger partial charge in [0.25, 0.3) is 0 Å². The van der Waals surface area contributed by atoms with Crippen LogP contribution in [0.1, 0.15) is 47.0 Å². The fourth-order valence-corrected chi connectivity index (χ4v) is 1.84. The molecule has 108 valence electrons. The highest BCUT2D eigenvalue weighted by atomic mass is 16.4. The maximum absolute atomic E-state index is 11.3. The van der Waals surface area contributed by atoms with E-state index in [-0.39, 0.29) is 0 Å². The predicted octanol–water partition coefficient (Wildman–Crippen LogP) is 2.20. The number of hydrogen-bond acceptors (Lipinski definition) is 3. The Balaban J connectivity index is 4.22. The average Bonchev–Trinajstić information content (AvgIpc) is 2.33. The standard InChI is InChI=1S/C14H30N2O2/c1-6-9-15-14(4,13(17)18)8-10-16(5)11-12(3)7-2/h12,15H,6-11H2,1-5H3,(H,17,18). The number of hydrogen-bond donors (Lipinski definition) is 2. The number of nitrogens with zero attached hydrogens (tertiary/aromatic N) is 1. The molecule has 0 amide bonds. The van der Waals surface area contributed by atoms with Crippen molar-refractivity contribution in [3.05, 3.63) is 0 Å². The van der Waals surface area contributed by atoms with E-state index in [2.05, 4.69) is 31.1 Å². The molecule has 0 saturated heterocycles. The minimum atomic E-state index is -0.806. The third-order valence-electron chi connectivity index (χ3n) is 3.55. The highest BCUT2D eigenvalue weighted by Crippen LogP contribution is 2.12. The van der Waals surface area contributed by atoms with Gasteiger partial charge in [0.2, 0.25) is 0 Å². The Bertz CT molecular complexity index is 246. The van der Waals surface area contributed by atoms with Crippen molar-refractivity contribution in [2.75, 3.05) is 26.7 Å². The fourth-order valence-electron chi connectivity index (χ4n) is 1.84. The molecule has 18 heavy (non-hydrogen) atoms. The molecule has 0 spiro atoms. The first kappa shape index (κ1) is 17.4. The summed E-state index contributed by atoms with van der Waals surface area (Å²) >= 11 is 0. The molecule has 0 aromatic rings. The summed E-state index contributed by atoms with van der Waals surface area (Å²) in [5.74, 6) is -0.0948. The SMILES string of the molecule is CCCNC(C)(CCN(C)CC(C)CC)C(=O)O. The van der Waals surface area contributed by atoms with Crippen molar-refractivity contribution in [1.82, 2.24) is 10.2 Å². The lowest BCUT2D eigenvalue weighted by atomic mass is 9.97. The number of nitrogens with one attached hydrogen (secondary N) is 1. The van der Waals surface area contributed by atoms with Gasteiger partial charge in [0.05, 0.1) is 0 Å². The van der Waals surface area contributed by atoms with Gasteiger partial charge < -0.3 is 15.3 Å². The zero-order valence-electron chi connectivity index (χ0n) is 12.6. The number of rotatable bonds is 10. The van der Waals surface area contributed by atoms with Gasteiger partial charge in [-0.2, -0.15) is 0 Å². The van der Waals surface area contributed by atoms with Crippen LogP contribution < -0.4 is 5.32 Å². The van der Waals surface area contributed by atoms with Crippen molar-refractivity contribution in [1.29, 1.82) is 0 Å². The highest BCUT2D eigenvalue weighted by Gasteiger charge is 2.32. The van der Waals surface area contributed by atoms with Crippen LogP contribution in [0.5, 0.6) is 0 Å². The van der Waals surface area contributed by atoms with Gasteiger partial charge >= 0.3 is 5.97 Å². The Morgan fingerprint density at radius 3 is 2.50 bits per heavy atom. The summed E-state index contributed by atoms with van der Waals surface area (Å²) in [4.78, 5) is 13.6. The van der Waals surface area contributed by atoms with E-state index in [1.54, 1.807) is 6.92 Å². The topological polar surface area (TPSA) is 52.6 Å². The summed E-state index contributed by atoms with van der Waals surface area (Å²) < 4.78 is 0. The van der Waals surface area contributed by atoms with Crippen LogP contribution >= 0.6 is 0 Å². The molecule has 0 aromatic heterocycles. The van der Waals surface area contributed by atoms with Gasteiger partial charge in [0.1, 0.15) is 5.54 Å². The van der Waals surface area contributed by atoms with Crippen molar-refractivity contribution in [2.24, 2.45) is 5.92 Å². The van der Waals surface area contributed by atoms with E-state index in [0.717, 1.165) is 32.5 Å². The van der Waals surface area contributed by atoms with Crippen LogP contribution in [0.15, 0.2) is 0 Å². The van der Waals surface area contributed by atoms with Crippen molar-refractivity contribution in [3.63, 3.8) is 0 Å². The quantitative estimate of drug-likeness (QED) is 0.631. The second-order valence-electron chi connectivity index (χ2n) is 5.59. The Morgan fingerprint density at radius 1 is 1.44 bits per heavy atom. The molecule has 0 rings (SSSR count). The maximum atomic E-state index is 11.3. The van der Waals surface area contributed by atoms with Crippen LogP contribution in [-0.2, 0) is 4.79 Å². The van der Waals surface area contributed by atoms with Crippen LogP contribution in [0.3, 0.4) is 0 Å². The van der Waals surface area contributed by atoms with Gasteiger partial charge in [-0.1, -0.05) is 27.2 Å². The summed E-state index contributed by atoms with van der Waals surface area (Å²) in [5, 5.41) is 12.5. The lowest BCUT2D eigenvalue weighted by Crippen LogP contribution is -2.51. The maximum Gasteiger partial charge on any atom is 0.323 e. The molecule has 0 aromatic carbocycles. The molecular weight excluding hydrogens is 228 g/mol. The molecule has 0 aliphatic heterocycles. The first-order chi connectivity index (χ1) is 8.35. The average molecular weight is 258 g/mol. The molecule has 0 bridgehead atoms. The molecule has 0 radical (unpaired) electrons. The van der Waals surface area contributed by atoms with E-state index in [4.69, 9.17) is 0 Å². The molecule has 4 heteroatoms. The second-order valence-corrected chi connectivity index (χ2v) is 5.59. The molecule has 2 N–H and O–H groups in total. The summed E-state index contributed by atoms with van der Waals surface area (Å²) in [6.07, 6.45) is 2.75. The Hall–Kier alpha value is -0.610. The van der Waals surface area contributed by atoms with Crippen LogP contribution in [0, 0.1) is 5.92 Å². The number of carboxylic acids is 1. The first-order valence-electron chi connectivity index (χ1n) is 7.02. The van der Waals surface area contributed by atoms with Gasteiger partial charge in [-0.3, -0.25) is 4.79 Å². The lowest BCUT2D eigenvalue weighted by Gasteiger charge is -2.29. The van der Waals surface area contributed by atoms with Crippen LogP contribution in [0.25, 0.3) is 0 Å². The van der Waals surface area contributed by atoms with E-state index in [0.29, 0.717) is 12.3 Å². The van der Waals surface area contributed by atoms with Crippen LogP contribution in [0.2, 0.25) is 0 Å². The minimum absolute atomic E-state index is 0.634. The van der Waals surface area contributed by atoms with E-state index in [1.165, 1.54) is 0 Å². The monoisotopic (exact) mass is 258 g/mol. The molecule has 0 fully saturated rings. The van der Waals surface area contributed by atoms with Crippen molar-refractivity contribution in [3.8, 4) is 0 Å². The van der Waals surface area contributed by atoms with E-state index < -0.39 is 11.5 Å². The van der Waals surface area contributed by atoms with Crippen LogP contribution in [0.4, 0.5) is 0 Å². The summed E-state index contributed by atoms with van der Waals surface area (Å²) in [6.45, 7) is 10.8. The highest BCUT2D eigenvalue weighted by molar-refractivity contribution is 5.78. The third kappa shape index (κ3) is 6.36. The molecule has 2 atom stereocenters. The molecule has 0 heterocycles. The Labute approximate surface area is 112 Å². The van der Waals surface area contributed by atoms with Crippen molar-refractivity contribution >= 4 is 5.97 Å². The second kappa shape index (κ2) is 8.48. The Kier molecular flexibility index (Phi) is 8.20. The van der Waals surface area contributed by atoms with Gasteiger partial charge in [-0.25, -0.2) is 0 Å². The zero-order chi connectivity index (χ0) is 14.2. The smallest absolute Gasteiger partial charge is 0.323 e. The molecule has 0 aliphatic rings. The normalized spacial score (nSPS) is 16.6. The molecule has 0 saturated carbocycles.